The lowest BCUT2D eigenvalue weighted by atomic mass is 9.69. The number of aliphatic carboxylic acids is 1. The topological polar surface area (TPSA) is 66.4 Å². The van der Waals surface area contributed by atoms with Gasteiger partial charge in [-0.3, -0.25) is 4.79 Å². The molecular weight excluding hydrogens is 286 g/mol. The van der Waals surface area contributed by atoms with E-state index in [-0.39, 0.29) is 11.8 Å². The molecule has 5 heteroatoms. The summed E-state index contributed by atoms with van der Waals surface area (Å²) < 4.78 is 0. The number of nitrogens with one attached hydrogen (secondary N) is 1. The molecule has 21 heavy (non-hydrogen) atoms. The van der Waals surface area contributed by atoms with E-state index in [0.29, 0.717) is 17.8 Å². The zero-order valence-corrected chi connectivity index (χ0v) is 14.5. The summed E-state index contributed by atoms with van der Waals surface area (Å²) in [6.45, 7) is 6.75. The summed E-state index contributed by atoms with van der Waals surface area (Å²) in [5.74, 6) is 0.387. The van der Waals surface area contributed by atoms with Crippen LogP contribution < -0.4 is 5.32 Å². The van der Waals surface area contributed by atoms with Crippen molar-refractivity contribution < 1.29 is 14.7 Å². The van der Waals surface area contributed by atoms with Crippen LogP contribution in [0.1, 0.15) is 52.9 Å². The van der Waals surface area contributed by atoms with Crippen LogP contribution in [0.25, 0.3) is 0 Å². The van der Waals surface area contributed by atoms with Gasteiger partial charge in [0.25, 0.3) is 0 Å². The van der Waals surface area contributed by atoms with Gasteiger partial charge in [-0.1, -0.05) is 20.8 Å². The minimum atomic E-state index is -0.930. The van der Waals surface area contributed by atoms with E-state index >= 15 is 0 Å². The van der Waals surface area contributed by atoms with Crippen LogP contribution in [-0.4, -0.2) is 35.0 Å². The van der Waals surface area contributed by atoms with E-state index in [9.17, 15) is 14.7 Å². The summed E-state index contributed by atoms with van der Waals surface area (Å²) in [4.78, 5) is 23.4. The standard InChI is InChI=1S/C16H29NO3S/c1-16(2,3)12-7-5-11(6-8-12)14(18)17-13(15(19)20)9-10-21-4/h11-13H,5-10H2,1-4H3,(H,17,18)(H,19,20)/t11?,12?,13-/m0/s1. The molecule has 1 aliphatic carbocycles. The van der Waals surface area contributed by atoms with Gasteiger partial charge in [-0.05, 0) is 55.4 Å². The molecule has 1 amide bonds. The number of amides is 1. The van der Waals surface area contributed by atoms with Gasteiger partial charge < -0.3 is 10.4 Å². The van der Waals surface area contributed by atoms with Gasteiger partial charge in [0.2, 0.25) is 5.91 Å². The van der Waals surface area contributed by atoms with Crippen LogP contribution in [0.5, 0.6) is 0 Å². The van der Waals surface area contributed by atoms with Crippen molar-refractivity contribution in [1.82, 2.24) is 5.32 Å². The molecule has 122 valence electrons. The van der Waals surface area contributed by atoms with Crippen molar-refractivity contribution in [2.24, 2.45) is 17.3 Å². The summed E-state index contributed by atoms with van der Waals surface area (Å²) in [7, 11) is 0. The van der Waals surface area contributed by atoms with E-state index in [2.05, 4.69) is 26.1 Å². The maximum atomic E-state index is 12.3. The lowest BCUT2D eigenvalue weighted by Crippen LogP contribution is -2.45. The molecule has 0 aromatic carbocycles. The Kier molecular flexibility index (Phi) is 7.04. The van der Waals surface area contributed by atoms with Gasteiger partial charge in [-0.15, -0.1) is 0 Å². The summed E-state index contributed by atoms with van der Waals surface area (Å²) in [5.41, 5.74) is 0.295. The molecule has 0 unspecified atom stereocenters. The average Bonchev–Trinajstić information content (AvgIpc) is 2.42. The van der Waals surface area contributed by atoms with Crippen LogP contribution >= 0.6 is 11.8 Å². The molecule has 1 aliphatic rings. The van der Waals surface area contributed by atoms with Gasteiger partial charge >= 0.3 is 5.97 Å². The molecule has 0 spiro atoms. The Labute approximate surface area is 132 Å². The minimum Gasteiger partial charge on any atom is -0.480 e. The third-order valence-corrected chi connectivity index (χ3v) is 5.19. The van der Waals surface area contributed by atoms with Crippen LogP contribution in [0, 0.1) is 17.3 Å². The van der Waals surface area contributed by atoms with Crippen LogP contribution in [0.2, 0.25) is 0 Å². The second-order valence-electron chi connectivity index (χ2n) is 7.10. The van der Waals surface area contributed by atoms with E-state index in [1.165, 1.54) is 0 Å². The lowest BCUT2D eigenvalue weighted by molar-refractivity contribution is -0.142. The van der Waals surface area contributed by atoms with Crippen molar-refractivity contribution in [3.8, 4) is 0 Å². The van der Waals surface area contributed by atoms with E-state index in [0.717, 1.165) is 31.4 Å². The van der Waals surface area contributed by atoms with Gasteiger partial charge in [-0.2, -0.15) is 11.8 Å². The van der Waals surface area contributed by atoms with Crippen molar-refractivity contribution >= 4 is 23.6 Å². The second-order valence-corrected chi connectivity index (χ2v) is 8.08. The van der Waals surface area contributed by atoms with Gasteiger partial charge in [0.05, 0.1) is 0 Å². The van der Waals surface area contributed by atoms with E-state index in [4.69, 9.17) is 0 Å². The Hall–Kier alpha value is -0.710. The molecule has 0 heterocycles. The highest BCUT2D eigenvalue weighted by Gasteiger charge is 2.33. The van der Waals surface area contributed by atoms with E-state index in [1.807, 2.05) is 6.26 Å². The molecule has 0 aliphatic heterocycles. The number of hydrogen-bond donors (Lipinski definition) is 2. The number of hydrogen-bond acceptors (Lipinski definition) is 3. The third-order valence-electron chi connectivity index (χ3n) is 4.55. The van der Waals surface area contributed by atoms with Gasteiger partial charge in [0, 0.05) is 5.92 Å². The highest BCUT2D eigenvalue weighted by molar-refractivity contribution is 7.98. The highest BCUT2D eigenvalue weighted by atomic mass is 32.2. The molecule has 1 atom stereocenters. The number of carboxylic acids is 1. The minimum absolute atomic E-state index is 0.0141. The summed E-state index contributed by atoms with van der Waals surface area (Å²) in [5, 5.41) is 11.9. The molecule has 0 radical (unpaired) electrons. The van der Waals surface area contributed by atoms with Crippen LogP contribution in [0.3, 0.4) is 0 Å². The largest absolute Gasteiger partial charge is 0.480 e. The Morgan fingerprint density at radius 1 is 1.24 bits per heavy atom. The smallest absolute Gasteiger partial charge is 0.326 e. The molecule has 1 fully saturated rings. The molecule has 4 nitrogen and oxygen atoms in total. The number of carbonyl (C=O) groups excluding carboxylic acids is 1. The molecule has 1 saturated carbocycles. The number of carbonyl (C=O) groups is 2. The first kappa shape index (κ1) is 18.3. The Balaban J connectivity index is 2.47. The zero-order chi connectivity index (χ0) is 16.0. The molecule has 0 saturated heterocycles. The van der Waals surface area contributed by atoms with Gasteiger partial charge in [-0.25, -0.2) is 4.79 Å². The number of rotatable bonds is 6. The molecule has 1 rings (SSSR count). The second kappa shape index (κ2) is 8.06. The van der Waals surface area contributed by atoms with Crippen molar-refractivity contribution in [3.05, 3.63) is 0 Å². The van der Waals surface area contributed by atoms with E-state index < -0.39 is 12.0 Å². The van der Waals surface area contributed by atoms with Crippen LogP contribution in [-0.2, 0) is 9.59 Å². The fourth-order valence-corrected chi connectivity index (χ4v) is 3.48. The summed E-state index contributed by atoms with van der Waals surface area (Å²) in [6.07, 6.45) is 6.30. The first-order valence-electron chi connectivity index (χ1n) is 7.77. The first-order valence-corrected chi connectivity index (χ1v) is 9.17. The monoisotopic (exact) mass is 315 g/mol. The third kappa shape index (κ3) is 5.89. The predicted octanol–water partition coefficient (Wildman–Crippen LogP) is 3.16. The summed E-state index contributed by atoms with van der Waals surface area (Å²) >= 11 is 1.60. The van der Waals surface area contributed by atoms with Crippen LogP contribution in [0.4, 0.5) is 0 Å². The van der Waals surface area contributed by atoms with Crippen LogP contribution in [0.15, 0.2) is 0 Å². The quantitative estimate of drug-likeness (QED) is 0.790. The summed E-state index contributed by atoms with van der Waals surface area (Å²) in [6, 6.07) is -0.745. The zero-order valence-electron chi connectivity index (χ0n) is 13.6. The highest BCUT2D eigenvalue weighted by Crippen LogP contribution is 2.39. The Bertz CT molecular complexity index is 357. The fraction of sp³-hybridized carbons (Fsp3) is 0.875. The number of thioether (sulfide) groups is 1. The van der Waals surface area contributed by atoms with E-state index in [1.54, 1.807) is 11.8 Å². The molecule has 0 aromatic rings. The van der Waals surface area contributed by atoms with Crippen molar-refractivity contribution in [2.75, 3.05) is 12.0 Å². The maximum Gasteiger partial charge on any atom is 0.326 e. The van der Waals surface area contributed by atoms with Crippen molar-refractivity contribution in [1.29, 1.82) is 0 Å². The van der Waals surface area contributed by atoms with Crippen molar-refractivity contribution in [2.45, 2.75) is 58.9 Å². The van der Waals surface area contributed by atoms with Crippen molar-refractivity contribution in [3.63, 3.8) is 0 Å². The lowest BCUT2D eigenvalue weighted by Gasteiger charge is -2.36. The first-order chi connectivity index (χ1) is 9.75. The molecule has 0 bridgehead atoms. The Morgan fingerprint density at radius 2 is 1.81 bits per heavy atom. The predicted molar refractivity (Wildman–Crippen MR) is 87.5 cm³/mol. The van der Waals surface area contributed by atoms with Gasteiger partial charge in [0.1, 0.15) is 6.04 Å². The average molecular weight is 315 g/mol. The van der Waals surface area contributed by atoms with Gasteiger partial charge in [0.15, 0.2) is 0 Å². The maximum absolute atomic E-state index is 12.3. The fourth-order valence-electron chi connectivity index (χ4n) is 3.00. The molecule has 0 aromatic heterocycles. The number of carboxylic acid groups (broad SMARTS) is 1. The SMILES string of the molecule is CSCC[C@H](NC(=O)C1CCC(C(C)(C)C)CC1)C(=O)O. The molecular formula is C16H29NO3S. The Morgan fingerprint density at radius 3 is 2.24 bits per heavy atom. The normalized spacial score (nSPS) is 24.4. The molecule has 2 N–H and O–H groups in total.